The van der Waals surface area contributed by atoms with Crippen molar-refractivity contribution in [3.8, 4) is 5.75 Å². The lowest BCUT2D eigenvalue weighted by Crippen LogP contribution is -2.00. The van der Waals surface area contributed by atoms with E-state index in [1.807, 2.05) is 0 Å². The monoisotopic (exact) mass is 238 g/mol. The fourth-order valence-corrected chi connectivity index (χ4v) is 2.37. The van der Waals surface area contributed by atoms with Crippen molar-refractivity contribution >= 4 is 11.8 Å². The predicted octanol–water partition coefficient (Wildman–Crippen LogP) is 4.59. The first-order chi connectivity index (χ1) is 7.69. The summed E-state index contributed by atoms with van der Waals surface area (Å²) >= 11 is 1.78. The Bertz CT molecular complexity index is 311. The molecule has 0 saturated heterocycles. The van der Waals surface area contributed by atoms with Gasteiger partial charge in [0.2, 0.25) is 0 Å². The normalized spacial score (nSPS) is 10.5. The molecule has 1 nitrogen and oxygen atoms in total. The maximum Gasteiger partial charge on any atom is 0.125 e. The van der Waals surface area contributed by atoms with Crippen LogP contribution in [0.15, 0.2) is 17.0 Å². The highest BCUT2D eigenvalue weighted by molar-refractivity contribution is 7.98. The van der Waals surface area contributed by atoms with Gasteiger partial charge in [0.25, 0.3) is 0 Å². The molecule has 1 rings (SSSR count). The van der Waals surface area contributed by atoms with Crippen LogP contribution in [0.5, 0.6) is 5.75 Å². The lowest BCUT2D eigenvalue weighted by molar-refractivity contribution is 0.302. The number of hydrogen-bond donors (Lipinski definition) is 0. The number of hydrogen-bond acceptors (Lipinski definition) is 2. The molecule has 0 amide bonds. The molecule has 0 heterocycles. The summed E-state index contributed by atoms with van der Waals surface area (Å²) in [5.74, 6) is 1.08. The van der Waals surface area contributed by atoms with E-state index in [4.69, 9.17) is 4.74 Å². The maximum absolute atomic E-state index is 5.86. The van der Waals surface area contributed by atoms with Gasteiger partial charge in [-0.1, -0.05) is 19.8 Å². The number of benzene rings is 1. The molecule has 0 aliphatic rings. The van der Waals surface area contributed by atoms with Crippen molar-refractivity contribution < 1.29 is 4.74 Å². The van der Waals surface area contributed by atoms with Gasteiger partial charge in [0.1, 0.15) is 5.75 Å². The van der Waals surface area contributed by atoms with Crippen LogP contribution in [0.1, 0.15) is 37.3 Å². The van der Waals surface area contributed by atoms with Crippen LogP contribution in [0.25, 0.3) is 0 Å². The zero-order valence-electron chi connectivity index (χ0n) is 10.8. The van der Waals surface area contributed by atoms with Crippen LogP contribution < -0.4 is 4.74 Å². The highest BCUT2D eigenvalue weighted by Gasteiger charge is 2.05. The molecule has 0 saturated carbocycles. The Morgan fingerprint density at radius 1 is 1.12 bits per heavy atom. The second-order valence-electron chi connectivity index (χ2n) is 4.15. The molecular formula is C14H22OS. The molecule has 0 spiro atoms. The number of ether oxygens (including phenoxy) is 1. The molecule has 0 N–H and O–H groups in total. The summed E-state index contributed by atoms with van der Waals surface area (Å²) in [6.07, 6.45) is 5.75. The summed E-state index contributed by atoms with van der Waals surface area (Å²) in [5.41, 5.74) is 2.50. The van der Waals surface area contributed by atoms with Crippen molar-refractivity contribution in [2.45, 2.75) is 44.9 Å². The van der Waals surface area contributed by atoms with Crippen molar-refractivity contribution in [2.75, 3.05) is 12.9 Å². The van der Waals surface area contributed by atoms with E-state index in [9.17, 15) is 0 Å². The zero-order chi connectivity index (χ0) is 12.0. The molecule has 16 heavy (non-hydrogen) atoms. The van der Waals surface area contributed by atoms with Crippen LogP contribution in [0.2, 0.25) is 0 Å². The van der Waals surface area contributed by atoms with Crippen LogP contribution in [-0.4, -0.2) is 12.9 Å². The fraction of sp³-hybridized carbons (Fsp3) is 0.571. The average Bonchev–Trinajstić information content (AvgIpc) is 2.26. The van der Waals surface area contributed by atoms with E-state index >= 15 is 0 Å². The van der Waals surface area contributed by atoms with Gasteiger partial charge in [0.15, 0.2) is 0 Å². The number of thioether (sulfide) groups is 1. The zero-order valence-corrected chi connectivity index (χ0v) is 11.6. The lowest BCUT2D eigenvalue weighted by atomic mass is 10.1. The SMILES string of the molecule is CCCCCOc1c(C)cc(SC)cc1C. The summed E-state index contributed by atoms with van der Waals surface area (Å²) in [6.45, 7) is 7.31. The average molecular weight is 238 g/mol. The third kappa shape index (κ3) is 3.75. The number of rotatable bonds is 6. The molecule has 0 atom stereocenters. The molecular weight excluding hydrogens is 216 g/mol. The Labute approximate surface area is 104 Å². The van der Waals surface area contributed by atoms with Crippen LogP contribution in [0.4, 0.5) is 0 Å². The highest BCUT2D eigenvalue weighted by Crippen LogP contribution is 2.28. The minimum Gasteiger partial charge on any atom is -0.493 e. The number of aryl methyl sites for hydroxylation is 2. The van der Waals surface area contributed by atoms with Gasteiger partial charge in [-0.05, 0) is 49.8 Å². The van der Waals surface area contributed by atoms with Crippen LogP contribution in [-0.2, 0) is 0 Å². The second kappa shape index (κ2) is 6.85. The van der Waals surface area contributed by atoms with Crippen LogP contribution in [0.3, 0.4) is 0 Å². The van der Waals surface area contributed by atoms with Gasteiger partial charge >= 0.3 is 0 Å². The van der Waals surface area contributed by atoms with Gasteiger partial charge in [0.05, 0.1) is 6.61 Å². The quantitative estimate of drug-likeness (QED) is 0.529. The van der Waals surface area contributed by atoms with Crippen LogP contribution in [0, 0.1) is 13.8 Å². The first-order valence-corrected chi connectivity index (χ1v) is 7.19. The lowest BCUT2D eigenvalue weighted by Gasteiger charge is -2.13. The molecule has 1 aromatic rings. The Hall–Kier alpha value is -0.630. The van der Waals surface area contributed by atoms with Gasteiger partial charge < -0.3 is 4.74 Å². The first-order valence-electron chi connectivity index (χ1n) is 5.97. The third-order valence-electron chi connectivity index (χ3n) is 2.66. The summed E-state index contributed by atoms with van der Waals surface area (Å²) < 4.78 is 5.86. The topological polar surface area (TPSA) is 9.23 Å². The van der Waals surface area contributed by atoms with E-state index in [2.05, 4.69) is 39.2 Å². The summed E-state index contributed by atoms with van der Waals surface area (Å²) in [4.78, 5) is 1.32. The Balaban J connectivity index is 2.65. The van der Waals surface area contributed by atoms with Gasteiger partial charge in [0, 0.05) is 4.90 Å². The molecule has 90 valence electrons. The van der Waals surface area contributed by atoms with E-state index < -0.39 is 0 Å². The molecule has 0 aliphatic heterocycles. The molecule has 1 aromatic carbocycles. The van der Waals surface area contributed by atoms with Crippen molar-refractivity contribution in [1.82, 2.24) is 0 Å². The fourth-order valence-electron chi connectivity index (χ4n) is 1.78. The predicted molar refractivity (Wildman–Crippen MR) is 72.7 cm³/mol. The molecule has 0 bridgehead atoms. The smallest absolute Gasteiger partial charge is 0.125 e. The van der Waals surface area contributed by atoms with Gasteiger partial charge in [-0.15, -0.1) is 11.8 Å². The van der Waals surface area contributed by atoms with E-state index in [1.165, 1.54) is 28.9 Å². The van der Waals surface area contributed by atoms with Crippen molar-refractivity contribution in [3.05, 3.63) is 23.3 Å². The summed E-state index contributed by atoms with van der Waals surface area (Å²) in [6, 6.07) is 4.40. The van der Waals surface area contributed by atoms with Crippen molar-refractivity contribution in [3.63, 3.8) is 0 Å². The molecule has 2 heteroatoms. The second-order valence-corrected chi connectivity index (χ2v) is 5.03. The minimum atomic E-state index is 0.841. The first kappa shape index (κ1) is 13.4. The standard InChI is InChI=1S/C14H22OS/c1-5-6-7-8-15-14-11(2)9-13(16-4)10-12(14)3/h9-10H,5-8H2,1-4H3. The maximum atomic E-state index is 5.86. The van der Waals surface area contributed by atoms with Crippen molar-refractivity contribution in [2.24, 2.45) is 0 Å². The molecule has 0 aliphatic carbocycles. The Kier molecular flexibility index (Phi) is 5.75. The number of unbranched alkanes of at least 4 members (excludes halogenated alkanes) is 2. The minimum absolute atomic E-state index is 0.841. The van der Waals surface area contributed by atoms with Crippen molar-refractivity contribution in [1.29, 1.82) is 0 Å². The highest BCUT2D eigenvalue weighted by atomic mass is 32.2. The van der Waals surface area contributed by atoms with E-state index in [-0.39, 0.29) is 0 Å². The van der Waals surface area contributed by atoms with E-state index in [0.717, 1.165) is 18.8 Å². The molecule has 0 radical (unpaired) electrons. The molecule has 0 aromatic heterocycles. The Morgan fingerprint density at radius 2 is 1.75 bits per heavy atom. The largest absolute Gasteiger partial charge is 0.493 e. The van der Waals surface area contributed by atoms with Gasteiger partial charge in [-0.3, -0.25) is 0 Å². The molecule has 0 fully saturated rings. The van der Waals surface area contributed by atoms with E-state index in [1.54, 1.807) is 11.8 Å². The summed E-state index contributed by atoms with van der Waals surface area (Å²) in [7, 11) is 0. The third-order valence-corrected chi connectivity index (χ3v) is 3.37. The van der Waals surface area contributed by atoms with E-state index in [0.29, 0.717) is 0 Å². The van der Waals surface area contributed by atoms with Gasteiger partial charge in [-0.2, -0.15) is 0 Å². The Morgan fingerprint density at radius 3 is 2.25 bits per heavy atom. The van der Waals surface area contributed by atoms with Crippen LogP contribution >= 0.6 is 11.8 Å². The molecule has 0 unspecified atom stereocenters. The summed E-state index contributed by atoms with van der Waals surface area (Å²) in [5, 5.41) is 0. The van der Waals surface area contributed by atoms with Gasteiger partial charge in [-0.25, -0.2) is 0 Å².